The molecule has 0 aliphatic rings. The largest absolute Gasteiger partial charge is 0.496 e. The second-order valence-corrected chi connectivity index (χ2v) is 5.99. The van der Waals surface area contributed by atoms with Crippen LogP contribution < -0.4 is 10.4 Å². The molecular formula is C15H12BrClN2O2. The molecule has 0 radical (unpaired) electrons. The molecule has 0 spiro atoms. The molecule has 3 aromatic rings. The zero-order chi connectivity index (χ0) is 15.0. The fraction of sp³-hybridized carbons (Fsp3) is 0.133. The van der Waals surface area contributed by atoms with Gasteiger partial charge < -0.3 is 14.7 Å². The zero-order valence-electron chi connectivity index (χ0n) is 11.1. The van der Waals surface area contributed by atoms with Gasteiger partial charge in [0.2, 0.25) is 0 Å². The normalized spacial score (nSPS) is 12.5. The van der Waals surface area contributed by atoms with Crippen molar-refractivity contribution < 1.29 is 4.74 Å². The second kappa shape index (κ2) is 5.58. The fourth-order valence-electron chi connectivity index (χ4n) is 2.28. The molecule has 0 saturated heterocycles. The summed E-state index contributed by atoms with van der Waals surface area (Å²) in [6.07, 6.45) is 0. The van der Waals surface area contributed by atoms with E-state index >= 15 is 0 Å². The van der Waals surface area contributed by atoms with E-state index in [2.05, 4.69) is 25.9 Å². The molecule has 6 heteroatoms. The Bertz CT molecular complexity index is 856. The van der Waals surface area contributed by atoms with Crippen LogP contribution in [0.4, 0.5) is 0 Å². The molecule has 3 rings (SSSR count). The summed E-state index contributed by atoms with van der Waals surface area (Å²) in [5, 5.41) is -0.365. The molecule has 108 valence electrons. The highest BCUT2D eigenvalue weighted by Gasteiger charge is 2.16. The summed E-state index contributed by atoms with van der Waals surface area (Å²) in [6.45, 7) is 0. The molecule has 0 aliphatic heterocycles. The quantitative estimate of drug-likeness (QED) is 0.689. The smallest absolute Gasteiger partial charge is 0.323 e. The van der Waals surface area contributed by atoms with E-state index in [0.717, 1.165) is 26.6 Å². The number of ether oxygens (including phenoxy) is 1. The van der Waals surface area contributed by atoms with E-state index in [9.17, 15) is 4.79 Å². The van der Waals surface area contributed by atoms with Crippen LogP contribution in [0.5, 0.6) is 5.75 Å². The van der Waals surface area contributed by atoms with Crippen LogP contribution in [0.2, 0.25) is 0 Å². The number of hydrogen-bond acceptors (Lipinski definition) is 2. The summed E-state index contributed by atoms with van der Waals surface area (Å²) in [6, 6.07) is 11.3. The Balaban J connectivity index is 2.07. The van der Waals surface area contributed by atoms with Crippen molar-refractivity contribution in [3.8, 4) is 5.75 Å². The molecule has 2 N–H and O–H groups in total. The summed E-state index contributed by atoms with van der Waals surface area (Å²) in [5.74, 6) is 0.715. The van der Waals surface area contributed by atoms with Gasteiger partial charge in [0, 0.05) is 10.0 Å². The number of fused-ring (bicyclic) bond motifs is 1. The molecule has 2 aromatic carbocycles. The Morgan fingerprint density at radius 2 is 1.90 bits per heavy atom. The van der Waals surface area contributed by atoms with Crippen LogP contribution in [0.15, 0.2) is 45.7 Å². The summed E-state index contributed by atoms with van der Waals surface area (Å²) in [7, 11) is 1.61. The van der Waals surface area contributed by atoms with Crippen LogP contribution in [-0.2, 0) is 0 Å². The first-order chi connectivity index (χ1) is 10.1. The van der Waals surface area contributed by atoms with E-state index in [1.54, 1.807) is 7.11 Å². The average Bonchev–Trinajstić information content (AvgIpc) is 2.85. The van der Waals surface area contributed by atoms with E-state index in [4.69, 9.17) is 16.3 Å². The van der Waals surface area contributed by atoms with Gasteiger partial charge in [-0.15, -0.1) is 11.6 Å². The molecule has 0 amide bonds. The number of imidazole rings is 1. The van der Waals surface area contributed by atoms with Gasteiger partial charge in [-0.3, -0.25) is 0 Å². The van der Waals surface area contributed by atoms with Crippen molar-refractivity contribution in [2.24, 2.45) is 0 Å². The number of alkyl halides is 1. The van der Waals surface area contributed by atoms with Gasteiger partial charge >= 0.3 is 5.69 Å². The molecule has 1 atom stereocenters. The van der Waals surface area contributed by atoms with Crippen LogP contribution >= 0.6 is 27.5 Å². The highest BCUT2D eigenvalue weighted by molar-refractivity contribution is 9.10. The third-order valence-corrected chi connectivity index (χ3v) is 4.28. The van der Waals surface area contributed by atoms with E-state index in [1.165, 1.54) is 0 Å². The molecule has 0 bridgehead atoms. The summed E-state index contributed by atoms with van der Waals surface area (Å²) in [4.78, 5) is 16.8. The van der Waals surface area contributed by atoms with E-state index < -0.39 is 0 Å². The summed E-state index contributed by atoms with van der Waals surface area (Å²) < 4.78 is 6.31. The maximum Gasteiger partial charge on any atom is 0.323 e. The van der Waals surface area contributed by atoms with Gasteiger partial charge in [0.25, 0.3) is 0 Å². The number of benzene rings is 2. The van der Waals surface area contributed by atoms with Crippen LogP contribution in [0, 0.1) is 0 Å². The fourth-order valence-corrected chi connectivity index (χ4v) is 2.94. The lowest BCUT2D eigenvalue weighted by atomic mass is 10.0. The Morgan fingerprint density at radius 3 is 2.67 bits per heavy atom. The predicted molar refractivity (Wildman–Crippen MR) is 87.3 cm³/mol. The van der Waals surface area contributed by atoms with Crippen molar-refractivity contribution >= 4 is 38.6 Å². The van der Waals surface area contributed by atoms with Gasteiger partial charge in [-0.2, -0.15) is 0 Å². The van der Waals surface area contributed by atoms with Crippen molar-refractivity contribution in [3.63, 3.8) is 0 Å². The molecule has 0 saturated carbocycles. The van der Waals surface area contributed by atoms with Crippen LogP contribution in [0.1, 0.15) is 16.5 Å². The van der Waals surface area contributed by atoms with Gasteiger partial charge in [0.1, 0.15) is 5.75 Å². The van der Waals surface area contributed by atoms with Crippen LogP contribution in [0.25, 0.3) is 11.0 Å². The number of methoxy groups -OCH3 is 1. The van der Waals surface area contributed by atoms with Gasteiger partial charge in [-0.25, -0.2) is 4.79 Å². The number of aromatic nitrogens is 2. The standard InChI is InChI=1S/C15H12BrClN2O2/c1-21-13-7-9(16)3-4-10(13)14(17)8-2-5-11-12(6-8)19-15(20)18-11/h2-7,14H,1H3,(H2,18,19,20). The summed E-state index contributed by atoms with van der Waals surface area (Å²) >= 11 is 9.99. The number of aromatic amines is 2. The van der Waals surface area contributed by atoms with Gasteiger partial charge in [-0.05, 0) is 29.8 Å². The number of H-pyrrole nitrogens is 2. The minimum absolute atomic E-state index is 0.227. The first-order valence-corrected chi connectivity index (χ1v) is 7.51. The predicted octanol–water partition coefficient (Wildman–Crippen LogP) is 3.96. The van der Waals surface area contributed by atoms with Crippen molar-refractivity contribution in [3.05, 3.63) is 62.5 Å². The first-order valence-electron chi connectivity index (χ1n) is 6.28. The van der Waals surface area contributed by atoms with Crippen molar-refractivity contribution in [1.82, 2.24) is 9.97 Å². The topological polar surface area (TPSA) is 57.9 Å². The first kappa shape index (κ1) is 14.2. The Morgan fingerprint density at radius 1 is 1.14 bits per heavy atom. The Hall–Kier alpha value is -1.72. The molecule has 0 aliphatic carbocycles. The van der Waals surface area contributed by atoms with E-state index in [0.29, 0.717) is 5.75 Å². The van der Waals surface area contributed by atoms with Crippen molar-refractivity contribution in [2.45, 2.75) is 5.38 Å². The lowest BCUT2D eigenvalue weighted by Crippen LogP contribution is -1.99. The second-order valence-electron chi connectivity index (χ2n) is 4.63. The minimum Gasteiger partial charge on any atom is -0.496 e. The number of halogens is 2. The third-order valence-electron chi connectivity index (χ3n) is 3.30. The maximum atomic E-state index is 11.3. The SMILES string of the molecule is COc1cc(Br)ccc1C(Cl)c1ccc2[nH]c(=O)[nH]c2c1. The molecule has 4 nitrogen and oxygen atoms in total. The number of rotatable bonds is 3. The molecule has 21 heavy (non-hydrogen) atoms. The number of hydrogen-bond donors (Lipinski definition) is 2. The minimum atomic E-state index is -0.365. The lowest BCUT2D eigenvalue weighted by molar-refractivity contribution is 0.410. The molecule has 1 unspecified atom stereocenters. The summed E-state index contributed by atoms with van der Waals surface area (Å²) in [5.41, 5.74) is 3.03. The molecule has 0 fully saturated rings. The van der Waals surface area contributed by atoms with Gasteiger partial charge in [0.05, 0.1) is 23.5 Å². The lowest BCUT2D eigenvalue weighted by Gasteiger charge is -2.15. The highest BCUT2D eigenvalue weighted by atomic mass is 79.9. The molecular weight excluding hydrogens is 356 g/mol. The number of nitrogens with one attached hydrogen (secondary N) is 2. The van der Waals surface area contributed by atoms with Gasteiger partial charge in [0.15, 0.2) is 0 Å². The Labute approximate surface area is 134 Å². The Kier molecular flexibility index (Phi) is 3.78. The average molecular weight is 368 g/mol. The maximum absolute atomic E-state index is 11.3. The molecule has 1 aromatic heterocycles. The van der Waals surface area contributed by atoms with Crippen LogP contribution in [-0.4, -0.2) is 17.1 Å². The van der Waals surface area contributed by atoms with Crippen LogP contribution in [0.3, 0.4) is 0 Å². The monoisotopic (exact) mass is 366 g/mol. The van der Waals surface area contributed by atoms with E-state index in [1.807, 2.05) is 36.4 Å². The molecule has 1 heterocycles. The van der Waals surface area contributed by atoms with Crippen molar-refractivity contribution in [2.75, 3.05) is 7.11 Å². The van der Waals surface area contributed by atoms with Gasteiger partial charge in [-0.1, -0.05) is 28.1 Å². The third kappa shape index (κ3) is 2.71. The van der Waals surface area contributed by atoms with E-state index in [-0.39, 0.29) is 11.1 Å². The zero-order valence-corrected chi connectivity index (χ0v) is 13.5. The highest BCUT2D eigenvalue weighted by Crippen LogP contribution is 2.37. The van der Waals surface area contributed by atoms with Crippen molar-refractivity contribution in [1.29, 1.82) is 0 Å².